The molecule has 0 saturated carbocycles. The molecule has 0 unspecified atom stereocenters. The molecule has 0 radical (unpaired) electrons. The summed E-state index contributed by atoms with van der Waals surface area (Å²) in [5.74, 6) is -1.53. The van der Waals surface area contributed by atoms with Crippen molar-refractivity contribution >= 4 is 63.2 Å². The number of aromatic nitrogens is 1. The second kappa shape index (κ2) is 6.59. The summed E-state index contributed by atoms with van der Waals surface area (Å²) in [5.41, 5.74) is 0.627. The Labute approximate surface area is 157 Å². The maximum absolute atomic E-state index is 12.7. The molecule has 8 heteroatoms. The Morgan fingerprint density at radius 2 is 1.68 bits per heavy atom. The number of halogens is 3. The number of amides is 1. The van der Waals surface area contributed by atoms with Gasteiger partial charge in [0.05, 0.1) is 16.2 Å². The monoisotopic (exact) mass is 396 g/mol. The first-order chi connectivity index (χ1) is 11.8. The molecule has 0 aliphatic rings. The number of anilines is 1. The highest BCUT2D eigenvalue weighted by molar-refractivity contribution is 6.37. The number of hydrogen-bond donors (Lipinski definition) is 2. The van der Waals surface area contributed by atoms with Crippen molar-refractivity contribution in [1.82, 2.24) is 4.57 Å². The third-order valence-corrected chi connectivity index (χ3v) is 4.41. The van der Waals surface area contributed by atoms with Crippen LogP contribution in [-0.4, -0.2) is 21.5 Å². The molecule has 0 saturated heterocycles. The van der Waals surface area contributed by atoms with Crippen molar-refractivity contribution in [2.75, 3.05) is 5.32 Å². The van der Waals surface area contributed by atoms with E-state index in [-0.39, 0.29) is 10.6 Å². The predicted octanol–water partition coefficient (Wildman–Crippen LogP) is 5.22. The minimum absolute atomic E-state index is 0.0706. The number of nitrogens with one attached hydrogen (secondary N) is 1. The van der Waals surface area contributed by atoms with Gasteiger partial charge in [0.25, 0.3) is 5.91 Å². The number of nitrogens with zero attached hydrogens (tertiary/aromatic N) is 1. The minimum atomic E-state index is -0.631. The van der Waals surface area contributed by atoms with Crippen LogP contribution < -0.4 is 5.32 Å². The maximum atomic E-state index is 12.7. The predicted molar refractivity (Wildman–Crippen MR) is 99.3 cm³/mol. The van der Waals surface area contributed by atoms with E-state index >= 15 is 0 Å². The standard InChI is InChI=1S/C17H11Cl3N2O3/c1-8(23)22-14-5-3-9(18)6-11(14)15(17(22)25)16(24)21-13-4-2-10(19)7-12(13)20/h2-7,25H,1H3,(H,21,24). The number of benzene rings is 2. The fourth-order valence-corrected chi connectivity index (χ4v) is 3.20. The molecule has 0 bridgehead atoms. The van der Waals surface area contributed by atoms with Gasteiger partial charge in [-0.25, -0.2) is 4.57 Å². The number of carbonyl (C=O) groups is 2. The highest BCUT2D eigenvalue weighted by Crippen LogP contribution is 2.34. The molecule has 0 spiro atoms. The van der Waals surface area contributed by atoms with Crippen molar-refractivity contribution in [2.24, 2.45) is 0 Å². The van der Waals surface area contributed by atoms with Crippen LogP contribution in [0.2, 0.25) is 15.1 Å². The van der Waals surface area contributed by atoms with Crippen molar-refractivity contribution in [3.63, 3.8) is 0 Å². The average Bonchev–Trinajstić information content (AvgIpc) is 2.81. The van der Waals surface area contributed by atoms with Crippen LogP contribution in [0.1, 0.15) is 22.1 Å². The molecule has 1 aromatic heterocycles. The molecule has 1 heterocycles. The first-order valence-electron chi connectivity index (χ1n) is 7.10. The van der Waals surface area contributed by atoms with E-state index in [1.165, 1.54) is 25.1 Å². The van der Waals surface area contributed by atoms with Crippen molar-refractivity contribution in [2.45, 2.75) is 6.92 Å². The first-order valence-corrected chi connectivity index (χ1v) is 8.23. The normalized spacial score (nSPS) is 10.9. The molecule has 3 aromatic rings. The van der Waals surface area contributed by atoms with Crippen LogP contribution in [0.4, 0.5) is 5.69 Å². The third kappa shape index (κ3) is 3.18. The lowest BCUT2D eigenvalue weighted by Gasteiger charge is -2.07. The van der Waals surface area contributed by atoms with E-state index in [0.29, 0.717) is 26.6 Å². The molecule has 25 heavy (non-hydrogen) atoms. The van der Waals surface area contributed by atoms with Crippen LogP contribution in [0.3, 0.4) is 0 Å². The van der Waals surface area contributed by atoms with Gasteiger partial charge in [-0.05, 0) is 36.4 Å². The summed E-state index contributed by atoms with van der Waals surface area (Å²) in [6, 6.07) is 9.23. The van der Waals surface area contributed by atoms with E-state index in [0.717, 1.165) is 4.57 Å². The highest BCUT2D eigenvalue weighted by atomic mass is 35.5. The quantitative estimate of drug-likeness (QED) is 0.623. The van der Waals surface area contributed by atoms with Gasteiger partial charge in [-0.1, -0.05) is 34.8 Å². The lowest BCUT2D eigenvalue weighted by Crippen LogP contribution is -2.13. The van der Waals surface area contributed by atoms with Gasteiger partial charge in [0.2, 0.25) is 11.8 Å². The van der Waals surface area contributed by atoms with Crippen LogP contribution >= 0.6 is 34.8 Å². The summed E-state index contributed by atoms with van der Waals surface area (Å²) in [6.45, 7) is 1.28. The Kier molecular flexibility index (Phi) is 4.64. The van der Waals surface area contributed by atoms with Crippen molar-refractivity contribution < 1.29 is 14.7 Å². The molecule has 0 atom stereocenters. The molecule has 2 aromatic carbocycles. The Morgan fingerprint density at radius 3 is 2.32 bits per heavy atom. The van der Waals surface area contributed by atoms with Gasteiger partial charge in [-0.15, -0.1) is 0 Å². The number of carbonyl (C=O) groups excluding carboxylic acids is 2. The lowest BCUT2D eigenvalue weighted by molar-refractivity contribution is 0.0933. The SMILES string of the molecule is CC(=O)n1c(O)c(C(=O)Nc2ccc(Cl)cc2Cl)c2cc(Cl)ccc21. The molecular formula is C17H11Cl3N2O3. The molecule has 0 fully saturated rings. The van der Waals surface area contributed by atoms with E-state index in [2.05, 4.69) is 5.32 Å². The zero-order valence-electron chi connectivity index (χ0n) is 12.8. The van der Waals surface area contributed by atoms with Crippen LogP contribution in [-0.2, 0) is 0 Å². The molecule has 2 N–H and O–H groups in total. The van der Waals surface area contributed by atoms with Gasteiger partial charge < -0.3 is 10.4 Å². The first kappa shape index (κ1) is 17.6. The summed E-state index contributed by atoms with van der Waals surface area (Å²) in [5, 5.41) is 14.4. The molecule has 0 aliphatic heterocycles. The molecule has 128 valence electrons. The summed E-state index contributed by atoms with van der Waals surface area (Å²) in [4.78, 5) is 24.6. The second-order valence-corrected chi connectivity index (χ2v) is 6.57. The summed E-state index contributed by atoms with van der Waals surface area (Å²) in [6.07, 6.45) is 0. The van der Waals surface area contributed by atoms with E-state index < -0.39 is 17.7 Å². The smallest absolute Gasteiger partial charge is 0.261 e. The Morgan fingerprint density at radius 1 is 1.04 bits per heavy atom. The van der Waals surface area contributed by atoms with E-state index in [1.807, 2.05) is 0 Å². The number of rotatable bonds is 2. The van der Waals surface area contributed by atoms with Gasteiger partial charge in [0.15, 0.2) is 0 Å². The third-order valence-electron chi connectivity index (χ3n) is 3.63. The van der Waals surface area contributed by atoms with Crippen LogP contribution in [0, 0.1) is 0 Å². The lowest BCUT2D eigenvalue weighted by atomic mass is 10.1. The summed E-state index contributed by atoms with van der Waals surface area (Å²) in [7, 11) is 0. The van der Waals surface area contributed by atoms with Crippen LogP contribution in [0.25, 0.3) is 10.9 Å². The highest BCUT2D eigenvalue weighted by Gasteiger charge is 2.25. The van der Waals surface area contributed by atoms with Crippen LogP contribution in [0.5, 0.6) is 5.88 Å². The van der Waals surface area contributed by atoms with Gasteiger partial charge in [-0.2, -0.15) is 0 Å². The van der Waals surface area contributed by atoms with Crippen molar-refractivity contribution in [1.29, 1.82) is 0 Å². The second-order valence-electron chi connectivity index (χ2n) is 5.29. The topological polar surface area (TPSA) is 71.3 Å². The Bertz CT molecular complexity index is 1030. The van der Waals surface area contributed by atoms with Gasteiger partial charge in [0.1, 0.15) is 5.56 Å². The molecule has 0 aliphatic carbocycles. The maximum Gasteiger partial charge on any atom is 0.261 e. The van der Waals surface area contributed by atoms with E-state index in [9.17, 15) is 14.7 Å². The largest absolute Gasteiger partial charge is 0.494 e. The molecule has 5 nitrogen and oxygen atoms in total. The zero-order chi connectivity index (χ0) is 18.3. The fraction of sp³-hybridized carbons (Fsp3) is 0.0588. The molecular weight excluding hydrogens is 387 g/mol. The molecule has 1 amide bonds. The minimum Gasteiger partial charge on any atom is -0.494 e. The van der Waals surface area contributed by atoms with Gasteiger partial charge >= 0.3 is 0 Å². The zero-order valence-corrected chi connectivity index (χ0v) is 15.1. The van der Waals surface area contributed by atoms with Crippen molar-refractivity contribution in [3.05, 3.63) is 57.0 Å². The van der Waals surface area contributed by atoms with Crippen LogP contribution in [0.15, 0.2) is 36.4 Å². The van der Waals surface area contributed by atoms with E-state index in [4.69, 9.17) is 34.8 Å². The summed E-state index contributed by atoms with van der Waals surface area (Å²) < 4.78 is 1.05. The van der Waals surface area contributed by atoms with Gasteiger partial charge in [0, 0.05) is 22.4 Å². The Hall–Kier alpha value is -2.21. The number of fused-ring (bicyclic) bond motifs is 1. The van der Waals surface area contributed by atoms with E-state index in [1.54, 1.807) is 18.2 Å². The molecule has 3 rings (SSSR count). The van der Waals surface area contributed by atoms with Crippen molar-refractivity contribution in [3.8, 4) is 5.88 Å². The number of aromatic hydroxyl groups is 1. The average molecular weight is 398 g/mol. The Balaban J connectivity index is 2.14. The number of hydrogen-bond acceptors (Lipinski definition) is 3. The fourth-order valence-electron chi connectivity index (χ4n) is 2.57. The summed E-state index contributed by atoms with van der Waals surface area (Å²) >= 11 is 17.9. The van der Waals surface area contributed by atoms with Gasteiger partial charge in [-0.3, -0.25) is 9.59 Å².